The van der Waals surface area contributed by atoms with Crippen molar-refractivity contribution in [3.63, 3.8) is 0 Å². The molecule has 1 aliphatic carbocycles. The second-order valence-electron chi connectivity index (χ2n) is 17.2. The number of anilines is 3. The van der Waals surface area contributed by atoms with Crippen LogP contribution in [0, 0.1) is 0 Å². The highest BCUT2D eigenvalue weighted by Crippen LogP contribution is 2.52. The van der Waals surface area contributed by atoms with Crippen molar-refractivity contribution in [3.8, 4) is 55.6 Å². The number of para-hydroxylation sites is 2. The summed E-state index contributed by atoms with van der Waals surface area (Å²) >= 11 is 0. The van der Waals surface area contributed by atoms with Gasteiger partial charge in [0.25, 0.3) is 0 Å². The van der Waals surface area contributed by atoms with E-state index >= 15 is 0 Å². The molecule has 0 saturated carbocycles. The van der Waals surface area contributed by atoms with E-state index in [0.717, 1.165) is 55.7 Å². The maximum absolute atomic E-state index is 6.42. The first-order valence-corrected chi connectivity index (χ1v) is 21.8. The Kier molecular flexibility index (Phi) is 8.55. The van der Waals surface area contributed by atoms with Crippen LogP contribution in [-0.2, 0) is 5.41 Å². The number of fused-ring (bicyclic) bond motifs is 7. The number of rotatable bonds is 7. The van der Waals surface area contributed by atoms with Gasteiger partial charge in [0.05, 0.1) is 5.69 Å². The first-order valence-electron chi connectivity index (χ1n) is 21.8. The van der Waals surface area contributed by atoms with Crippen LogP contribution in [-0.4, -0.2) is 0 Å². The van der Waals surface area contributed by atoms with Crippen LogP contribution < -0.4 is 4.90 Å². The molecular formula is C61H43NO. The molecule has 0 unspecified atom stereocenters. The monoisotopic (exact) mass is 805 g/mol. The fourth-order valence-electron chi connectivity index (χ4n) is 10.3. The number of furan rings is 1. The molecule has 0 spiro atoms. The summed E-state index contributed by atoms with van der Waals surface area (Å²) < 4.78 is 6.42. The molecule has 0 bridgehead atoms. The van der Waals surface area contributed by atoms with Crippen molar-refractivity contribution in [1.82, 2.24) is 0 Å². The van der Waals surface area contributed by atoms with Gasteiger partial charge in [-0.25, -0.2) is 0 Å². The van der Waals surface area contributed by atoms with E-state index < -0.39 is 0 Å². The van der Waals surface area contributed by atoms with Gasteiger partial charge >= 0.3 is 0 Å². The zero-order valence-electron chi connectivity index (χ0n) is 35.2. The van der Waals surface area contributed by atoms with Crippen molar-refractivity contribution in [1.29, 1.82) is 0 Å². The van der Waals surface area contributed by atoms with Crippen molar-refractivity contribution in [2.75, 3.05) is 4.90 Å². The molecule has 2 nitrogen and oxygen atoms in total. The summed E-state index contributed by atoms with van der Waals surface area (Å²) in [4.78, 5) is 2.42. The van der Waals surface area contributed by atoms with Gasteiger partial charge < -0.3 is 9.32 Å². The summed E-state index contributed by atoms with van der Waals surface area (Å²) in [5, 5.41) is 4.75. The van der Waals surface area contributed by atoms with E-state index in [0.29, 0.717) is 0 Å². The number of nitrogens with zero attached hydrogens (tertiary/aromatic N) is 1. The molecule has 0 atom stereocenters. The van der Waals surface area contributed by atoms with Gasteiger partial charge in [-0.2, -0.15) is 0 Å². The molecule has 298 valence electrons. The summed E-state index contributed by atoms with van der Waals surface area (Å²) in [6.45, 7) is 4.73. The maximum Gasteiger partial charge on any atom is 0.136 e. The highest BCUT2D eigenvalue weighted by molar-refractivity contribution is 6.14. The molecule has 0 amide bonds. The molecular weight excluding hydrogens is 763 g/mol. The average molecular weight is 806 g/mol. The molecule has 0 fully saturated rings. The molecule has 10 aromatic carbocycles. The Hall–Kier alpha value is -7.94. The molecule has 1 aromatic heterocycles. The standard InChI is InChI=1S/C61H43NO/c1-61(2)55-27-8-5-20-50(55)53-26-13-24-49(60(53)61)43-35-37-45(38-36-43)62(56-28-9-6-21-51(56)52-25-14-30-58-59(52)54-22-7-10-29-57(54)63-58)46-18-11-17-44(39-46)40-31-33-42(34-32-40)48-23-12-16-41-15-3-4-19-47(41)48/h3-39H,1-2H3. The number of hydrogen-bond acceptors (Lipinski definition) is 2. The van der Waals surface area contributed by atoms with Crippen molar-refractivity contribution in [2.45, 2.75) is 19.3 Å². The van der Waals surface area contributed by atoms with E-state index in [1.807, 2.05) is 6.07 Å². The number of hydrogen-bond donors (Lipinski definition) is 0. The number of benzene rings is 10. The molecule has 1 aliphatic rings. The first-order chi connectivity index (χ1) is 31.0. The third-order valence-corrected chi connectivity index (χ3v) is 13.3. The molecule has 0 saturated heterocycles. The largest absolute Gasteiger partial charge is 0.456 e. The molecule has 0 radical (unpaired) electrons. The molecule has 63 heavy (non-hydrogen) atoms. The van der Waals surface area contributed by atoms with Crippen molar-refractivity contribution >= 4 is 49.8 Å². The normalized spacial score (nSPS) is 12.7. The topological polar surface area (TPSA) is 16.4 Å². The zero-order chi connectivity index (χ0) is 42.1. The minimum atomic E-state index is -0.113. The summed E-state index contributed by atoms with van der Waals surface area (Å²) in [5.41, 5.74) is 19.9. The van der Waals surface area contributed by atoms with Crippen LogP contribution in [0.25, 0.3) is 88.3 Å². The van der Waals surface area contributed by atoms with Gasteiger partial charge in [-0.15, -0.1) is 0 Å². The first kappa shape index (κ1) is 36.9. The predicted octanol–water partition coefficient (Wildman–Crippen LogP) is 17.2. The Morgan fingerprint density at radius 3 is 1.81 bits per heavy atom. The highest BCUT2D eigenvalue weighted by atomic mass is 16.3. The summed E-state index contributed by atoms with van der Waals surface area (Å²) in [6, 6.07) is 81.6. The van der Waals surface area contributed by atoms with Gasteiger partial charge in [0.15, 0.2) is 0 Å². The van der Waals surface area contributed by atoms with Gasteiger partial charge in [-0.1, -0.05) is 196 Å². The second kappa shape index (κ2) is 14.6. The van der Waals surface area contributed by atoms with Crippen LogP contribution in [0.3, 0.4) is 0 Å². The minimum Gasteiger partial charge on any atom is -0.456 e. The lowest BCUT2D eigenvalue weighted by Crippen LogP contribution is -2.16. The lowest BCUT2D eigenvalue weighted by molar-refractivity contribution is 0.662. The Morgan fingerprint density at radius 2 is 0.937 bits per heavy atom. The molecule has 1 heterocycles. The van der Waals surface area contributed by atoms with Gasteiger partial charge in [0.2, 0.25) is 0 Å². The quantitative estimate of drug-likeness (QED) is 0.160. The highest BCUT2D eigenvalue weighted by Gasteiger charge is 2.37. The van der Waals surface area contributed by atoms with Gasteiger partial charge in [0, 0.05) is 33.1 Å². The minimum absolute atomic E-state index is 0.113. The van der Waals surface area contributed by atoms with Gasteiger partial charge in [-0.3, -0.25) is 0 Å². The summed E-state index contributed by atoms with van der Waals surface area (Å²) in [7, 11) is 0. The van der Waals surface area contributed by atoms with Crippen molar-refractivity contribution < 1.29 is 4.42 Å². The molecule has 2 heteroatoms. The van der Waals surface area contributed by atoms with Crippen molar-refractivity contribution in [3.05, 3.63) is 236 Å². The lowest BCUT2D eigenvalue weighted by atomic mass is 9.79. The zero-order valence-corrected chi connectivity index (χ0v) is 35.2. The Bertz CT molecular complexity index is 3530. The van der Waals surface area contributed by atoms with Crippen LogP contribution in [0.4, 0.5) is 17.1 Å². The molecule has 11 aromatic rings. The third kappa shape index (κ3) is 6.02. The van der Waals surface area contributed by atoms with Crippen LogP contribution >= 0.6 is 0 Å². The Labute approximate surface area is 368 Å². The molecule has 0 N–H and O–H groups in total. The summed E-state index contributed by atoms with van der Waals surface area (Å²) in [5.74, 6) is 0. The average Bonchev–Trinajstić information content (AvgIpc) is 3.84. The summed E-state index contributed by atoms with van der Waals surface area (Å²) in [6.07, 6.45) is 0. The van der Waals surface area contributed by atoms with Gasteiger partial charge in [-0.05, 0) is 114 Å². The third-order valence-electron chi connectivity index (χ3n) is 13.3. The van der Waals surface area contributed by atoms with E-state index in [2.05, 4.69) is 237 Å². The predicted molar refractivity (Wildman–Crippen MR) is 265 cm³/mol. The fraction of sp³-hybridized carbons (Fsp3) is 0.0492. The van der Waals surface area contributed by atoms with E-state index in [1.54, 1.807) is 0 Å². The maximum atomic E-state index is 6.42. The van der Waals surface area contributed by atoms with E-state index in [4.69, 9.17) is 4.42 Å². The Balaban J connectivity index is 0.999. The Morgan fingerprint density at radius 1 is 0.365 bits per heavy atom. The van der Waals surface area contributed by atoms with Crippen LogP contribution in [0.1, 0.15) is 25.0 Å². The second-order valence-corrected chi connectivity index (χ2v) is 17.2. The smallest absolute Gasteiger partial charge is 0.136 e. The lowest BCUT2D eigenvalue weighted by Gasteiger charge is -2.29. The van der Waals surface area contributed by atoms with E-state index in [-0.39, 0.29) is 5.41 Å². The van der Waals surface area contributed by atoms with Crippen LogP contribution in [0.2, 0.25) is 0 Å². The van der Waals surface area contributed by atoms with Crippen LogP contribution in [0.15, 0.2) is 229 Å². The van der Waals surface area contributed by atoms with Crippen LogP contribution in [0.5, 0.6) is 0 Å². The molecule has 0 aliphatic heterocycles. The molecule has 12 rings (SSSR count). The van der Waals surface area contributed by atoms with Gasteiger partial charge in [0.1, 0.15) is 11.2 Å². The van der Waals surface area contributed by atoms with E-state index in [1.165, 1.54) is 60.8 Å². The SMILES string of the molecule is CC1(C)c2ccccc2-c2cccc(-c3ccc(N(c4cccc(-c5ccc(-c6cccc7ccccc67)cc5)c4)c4ccccc4-c4cccc5oc6ccccc6c45)cc3)c21. The van der Waals surface area contributed by atoms with Crippen molar-refractivity contribution in [2.24, 2.45) is 0 Å². The fourth-order valence-corrected chi connectivity index (χ4v) is 10.3. The van der Waals surface area contributed by atoms with E-state index in [9.17, 15) is 0 Å².